The van der Waals surface area contributed by atoms with Crippen LogP contribution in [0.25, 0.3) is 0 Å². The molecular weight excluding hydrogens is 314 g/mol. The van der Waals surface area contributed by atoms with Gasteiger partial charge in [0.25, 0.3) is 6.43 Å². The monoisotopic (exact) mass is 334 g/mol. The van der Waals surface area contributed by atoms with Gasteiger partial charge in [-0.15, -0.1) is 12.4 Å². The van der Waals surface area contributed by atoms with Gasteiger partial charge in [-0.3, -0.25) is 4.79 Å². The molecular formula is C15H21ClF2N2O2. The molecule has 1 aliphatic heterocycles. The van der Waals surface area contributed by atoms with E-state index in [1.165, 1.54) is 0 Å². The zero-order valence-corrected chi connectivity index (χ0v) is 13.2. The first kappa shape index (κ1) is 18.6. The van der Waals surface area contributed by atoms with Crippen molar-refractivity contribution in [3.63, 3.8) is 0 Å². The summed E-state index contributed by atoms with van der Waals surface area (Å²) in [6.07, 6.45) is -0.892. The molecule has 1 aromatic carbocycles. The molecule has 1 aliphatic rings. The van der Waals surface area contributed by atoms with Crippen LogP contribution in [-0.2, 0) is 4.79 Å². The molecule has 0 aliphatic carbocycles. The van der Waals surface area contributed by atoms with Gasteiger partial charge >= 0.3 is 0 Å². The van der Waals surface area contributed by atoms with Crippen LogP contribution in [0, 0.1) is 12.8 Å². The van der Waals surface area contributed by atoms with Gasteiger partial charge in [-0.25, -0.2) is 8.78 Å². The fourth-order valence-electron chi connectivity index (χ4n) is 2.31. The predicted octanol–water partition coefficient (Wildman–Crippen LogP) is 3.00. The molecule has 1 heterocycles. The average Bonchev–Trinajstić information content (AvgIpc) is 2.48. The molecule has 1 aromatic rings. The fourth-order valence-corrected chi connectivity index (χ4v) is 2.31. The fraction of sp³-hybridized carbons (Fsp3) is 0.533. The maximum Gasteiger partial charge on any atom is 0.272 e. The molecule has 2 rings (SSSR count). The summed E-state index contributed by atoms with van der Waals surface area (Å²) < 4.78 is 29.5. The second kappa shape index (κ2) is 8.90. The lowest BCUT2D eigenvalue weighted by Gasteiger charge is -2.22. The molecule has 0 bridgehead atoms. The van der Waals surface area contributed by atoms with Crippen LogP contribution >= 0.6 is 12.4 Å². The predicted molar refractivity (Wildman–Crippen MR) is 84.1 cm³/mol. The van der Waals surface area contributed by atoms with Gasteiger partial charge in [-0.05, 0) is 44.5 Å². The number of carbonyl (C=O) groups excluding carboxylic acids is 1. The van der Waals surface area contributed by atoms with Gasteiger partial charge < -0.3 is 15.4 Å². The van der Waals surface area contributed by atoms with Crippen LogP contribution in [-0.4, -0.2) is 32.0 Å². The summed E-state index contributed by atoms with van der Waals surface area (Å²) in [5.41, 5.74) is 1.34. The van der Waals surface area contributed by atoms with Gasteiger partial charge in [-0.1, -0.05) is 6.07 Å². The van der Waals surface area contributed by atoms with E-state index in [4.69, 9.17) is 4.74 Å². The first-order valence-electron chi connectivity index (χ1n) is 7.09. The molecule has 0 radical (unpaired) electrons. The molecule has 1 saturated heterocycles. The Hall–Kier alpha value is -1.40. The number of hydrogen-bond acceptors (Lipinski definition) is 3. The van der Waals surface area contributed by atoms with Crippen molar-refractivity contribution in [2.45, 2.75) is 26.2 Å². The van der Waals surface area contributed by atoms with Gasteiger partial charge in [0.2, 0.25) is 5.91 Å². The maximum atomic E-state index is 12.2. The molecule has 124 valence electrons. The number of amides is 1. The van der Waals surface area contributed by atoms with Crippen LogP contribution in [0.2, 0.25) is 0 Å². The smallest absolute Gasteiger partial charge is 0.272 e. The largest absolute Gasteiger partial charge is 0.487 e. The second-order valence-corrected chi connectivity index (χ2v) is 5.20. The number of hydrogen-bond donors (Lipinski definition) is 2. The van der Waals surface area contributed by atoms with E-state index >= 15 is 0 Å². The lowest BCUT2D eigenvalue weighted by atomic mass is 9.97. The highest BCUT2D eigenvalue weighted by atomic mass is 35.5. The summed E-state index contributed by atoms with van der Waals surface area (Å²) in [5, 5.41) is 6.04. The first-order chi connectivity index (χ1) is 10.1. The molecule has 1 amide bonds. The molecule has 1 fully saturated rings. The highest BCUT2D eigenvalue weighted by Crippen LogP contribution is 2.24. The third-order valence-electron chi connectivity index (χ3n) is 3.53. The van der Waals surface area contributed by atoms with Crippen molar-refractivity contribution in [2.75, 3.05) is 25.0 Å². The number of piperidine rings is 1. The summed E-state index contributed by atoms with van der Waals surface area (Å²) in [6, 6.07) is 5.10. The Morgan fingerprint density at radius 1 is 1.41 bits per heavy atom. The van der Waals surface area contributed by atoms with Crippen molar-refractivity contribution in [3.8, 4) is 5.75 Å². The van der Waals surface area contributed by atoms with Crippen molar-refractivity contribution in [1.82, 2.24) is 5.32 Å². The van der Waals surface area contributed by atoms with Crippen LogP contribution < -0.4 is 15.4 Å². The number of anilines is 1. The Kier molecular flexibility index (Phi) is 7.55. The van der Waals surface area contributed by atoms with Gasteiger partial charge in [-0.2, -0.15) is 0 Å². The molecule has 22 heavy (non-hydrogen) atoms. The van der Waals surface area contributed by atoms with Crippen molar-refractivity contribution in [2.24, 2.45) is 5.92 Å². The number of nitrogens with one attached hydrogen (secondary N) is 2. The van der Waals surface area contributed by atoms with Gasteiger partial charge in [0.05, 0.1) is 0 Å². The van der Waals surface area contributed by atoms with Crippen molar-refractivity contribution in [1.29, 1.82) is 0 Å². The van der Waals surface area contributed by atoms with E-state index in [-0.39, 0.29) is 24.2 Å². The number of rotatable bonds is 5. The second-order valence-electron chi connectivity index (χ2n) is 5.20. The quantitative estimate of drug-likeness (QED) is 0.870. The van der Waals surface area contributed by atoms with E-state index < -0.39 is 13.0 Å². The summed E-state index contributed by atoms with van der Waals surface area (Å²) in [6.45, 7) is 2.81. The number of aryl methyl sites for hydroxylation is 1. The summed E-state index contributed by atoms with van der Waals surface area (Å²) in [7, 11) is 0. The number of alkyl halides is 2. The van der Waals surface area contributed by atoms with E-state index in [0.717, 1.165) is 31.5 Å². The SMILES string of the molecule is Cc1ccc(NC(=O)C2CCNCC2)cc1OCC(F)F.Cl. The van der Waals surface area contributed by atoms with E-state index in [1.54, 1.807) is 25.1 Å². The van der Waals surface area contributed by atoms with E-state index in [0.29, 0.717) is 11.4 Å². The Balaban J connectivity index is 0.00000242. The normalized spacial score (nSPS) is 15.3. The molecule has 7 heteroatoms. The third kappa shape index (κ3) is 5.42. The Labute approximate surface area is 135 Å². The van der Waals surface area contributed by atoms with Crippen molar-refractivity contribution < 1.29 is 18.3 Å². The Morgan fingerprint density at radius 3 is 2.73 bits per heavy atom. The highest BCUT2D eigenvalue weighted by molar-refractivity contribution is 5.92. The molecule has 0 unspecified atom stereocenters. The zero-order chi connectivity index (χ0) is 15.2. The minimum atomic E-state index is -2.52. The molecule has 0 saturated carbocycles. The summed E-state index contributed by atoms with van der Waals surface area (Å²) >= 11 is 0. The maximum absolute atomic E-state index is 12.2. The number of halogens is 3. The molecule has 0 spiro atoms. The first-order valence-corrected chi connectivity index (χ1v) is 7.09. The minimum absolute atomic E-state index is 0. The molecule has 0 atom stereocenters. The lowest BCUT2D eigenvalue weighted by molar-refractivity contribution is -0.120. The van der Waals surface area contributed by atoms with Gasteiger partial charge in [0.1, 0.15) is 12.4 Å². The third-order valence-corrected chi connectivity index (χ3v) is 3.53. The molecule has 4 nitrogen and oxygen atoms in total. The van der Waals surface area contributed by atoms with Crippen LogP contribution in [0.5, 0.6) is 5.75 Å². The number of benzene rings is 1. The van der Waals surface area contributed by atoms with E-state index in [2.05, 4.69) is 10.6 Å². The number of ether oxygens (including phenoxy) is 1. The lowest BCUT2D eigenvalue weighted by Crippen LogP contribution is -2.34. The zero-order valence-electron chi connectivity index (χ0n) is 12.4. The topological polar surface area (TPSA) is 50.4 Å². The van der Waals surface area contributed by atoms with Gasteiger partial charge in [0.15, 0.2) is 0 Å². The Morgan fingerprint density at radius 2 is 2.09 bits per heavy atom. The van der Waals surface area contributed by atoms with Crippen LogP contribution in [0.4, 0.5) is 14.5 Å². The minimum Gasteiger partial charge on any atom is -0.487 e. The van der Waals surface area contributed by atoms with Crippen LogP contribution in [0.1, 0.15) is 18.4 Å². The van der Waals surface area contributed by atoms with Crippen molar-refractivity contribution in [3.05, 3.63) is 23.8 Å². The summed E-state index contributed by atoms with van der Waals surface area (Å²) in [4.78, 5) is 12.1. The Bertz CT molecular complexity index is 494. The van der Waals surface area contributed by atoms with E-state index in [1.807, 2.05) is 0 Å². The van der Waals surface area contributed by atoms with Gasteiger partial charge in [0, 0.05) is 17.7 Å². The molecule has 2 N–H and O–H groups in total. The highest BCUT2D eigenvalue weighted by Gasteiger charge is 2.21. The molecule has 0 aromatic heterocycles. The standard InChI is InChI=1S/C15H20F2N2O2.ClH/c1-10-2-3-12(8-13(10)21-9-14(16)17)19-15(20)11-4-6-18-7-5-11;/h2-3,8,11,14,18H,4-7,9H2,1H3,(H,19,20);1H. The van der Waals surface area contributed by atoms with Crippen LogP contribution in [0.15, 0.2) is 18.2 Å². The average molecular weight is 335 g/mol. The number of carbonyl (C=O) groups is 1. The van der Waals surface area contributed by atoms with E-state index in [9.17, 15) is 13.6 Å². The summed E-state index contributed by atoms with van der Waals surface area (Å²) in [5.74, 6) is 0.344. The van der Waals surface area contributed by atoms with Crippen LogP contribution in [0.3, 0.4) is 0 Å². The van der Waals surface area contributed by atoms with Crippen molar-refractivity contribution >= 4 is 24.0 Å².